The fraction of sp³-hybridized carbons (Fsp3) is 0.585. The van der Waals surface area contributed by atoms with E-state index in [1.807, 2.05) is 0 Å². The van der Waals surface area contributed by atoms with E-state index < -0.39 is 107 Å². The second kappa shape index (κ2) is 16.0. The van der Waals surface area contributed by atoms with Gasteiger partial charge in [-0.3, -0.25) is 0 Å². The summed E-state index contributed by atoms with van der Waals surface area (Å²) in [6.45, 7) is 10.9. The number of esters is 2. The van der Waals surface area contributed by atoms with Crippen molar-refractivity contribution in [3.05, 3.63) is 82.9 Å². The molecule has 2 aromatic carbocycles. The molecule has 6 rings (SSSR count). The van der Waals surface area contributed by atoms with E-state index in [9.17, 15) is 45.0 Å². The van der Waals surface area contributed by atoms with Crippen molar-refractivity contribution >= 4 is 18.0 Å². The van der Waals surface area contributed by atoms with E-state index in [4.69, 9.17) is 18.9 Å². The van der Waals surface area contributed by atoms with Crippen LogP contribution in [0, 0.1) is 60.8 Å². The van der Waals surface area contributed by atoms with Gasteiger partial charge in [0.2, 0.25) is 0 Å². The Morgan fingerprint density at radius 3 is 2.07 bits per heavy atom. The molecular weight excluding hydrogens is 941 g/mol. The Morgan fingerprint density at radius 2 is 1.52 bits per heavy atom. The fourth-order valence-electron chi connectivity index (χ4n) is 9.38. The fourth-order valence-corrected chi connectivity index (χ4v) is 9.38. The van der Waals surface area contributed by atoms with Gasteiger partial charge in [0.1, 0.15) is 35.1 Å². The van der Waals surface area contributed by atoms with Crippen LogP contribution >= 0.6 is 0 Å². The van der Waals surface area contributed by atoms with Gasteiger partial charge in [0.05, 0.1) is 36.5 Å². The summed E-state index contributed by atoms with van der Waals surface area (Å²) in [6, 6.07) is 14.8. The SMILES string of the molecule is CC1=C2[C@@H](O)[C@@H](O)[C@@]3(C)[C@H]([C@H](OC(=O)c4ccccc4)[C@](O)(CC1OC(=O)[C@H](O)[C@@H](NC(=O)OC(C)(C)C)c1ccccc1)C2(C)C)[C@]1(O)CO[C@@H]1C[C@@H]3O.[Ac]. The van der Waals surface area contributed by atoms with Crippen LogP contribution in [0.5, 0.6) is 0 Å². The van der Waals surface area contributed by atoms with Gasteiger partial charge in [0.25, 0.3) is 0 Å². The summed E-state index contributed by atoms with van der Waals surface area (Å²) in [6.07, 6.45) is -12.5. The molecule has 56 heavy (non-hydrogen) atoms. The quantitative estimate of drug-likeness (QED) is 0.121. The third kappa shape index (κ3) is 7.50. The predicted molar refractivity (Wildman–Crippen MR) is 195 cm³/mol. The van der Waals surface area contributed by atoms with Crippen molar-refractivity contribution in [2.75, 3.05) is 6.61 Å². The van der Waals surface area contributed by atoms with Crippen molar-refractivity contribution in [1.82, 2.24) is 5.32 Å². The molecule has 15 heteroatoms. The van der Waals surface area contributed by atoms with Gasteiger partial charge >= 0.3 is 18.0 Å². The largest absolute Gasteiger partial charge is 0.456 e. The van der Waals surface area contributed by atoms with Gasteiger partial charge in [-0.05, 0) is 56.5 Å². The summed E-state index contributed by atoms with van der Waals surface area (Å²) < 4.78 is 23.3. The summed E-state index contributed by atoms with van der Waals surface area (Å²) in [4.78, 5) is 40.8. The third-order valence-corrected chi connectivity index (χ3v) is 12.5. The Hall–Kier alpha value is -2.45. The number of ether oxygens (including phenoxy) is 4. The van der Waals surface area contributed by atoms with Crippen LogP contribution < -0.4 is 5.32 Å². The first kappa shape index (κ1) is 44.7. The number of aliphatic hydroxyl groups excluding tert-OH is 4. The second-order valence-corrected chi connectivity index (χ2v) is 17.2. The zero-order valence-corrected chi connectivity index (χ0v) is 37.5. The number of benzene rings is 2. The van der Waals surface area contributed by atoms with Crippen LogP contribution in [0.2, 0.25) is 0 Å². The molecule has 12 atom stereocenters. The Balaban J connectivity index is 0.00000600. The van der Waals surface area contributed by atoms with Crippen LogP contribution in [-0.4, -0.2) is 115 Å². The molecule has 1 radical (unpaired) electrons. The minimum absolute atomic E-state index is 0. The zero-order valence-electron chi connectivity index (χ0n) is 32.7. The van der Waals surface area contributed by atoms with Crippen molar-refractivity contribution < 1.29 is 108 Å². The zero-order chi connectivity index (χ0) is 40.5. The van der Waals surface area contributed by atoms with Gasteiger partial charge in [-0.25, -0.2) is 14.4 Å². The molecule has 0 aromatic heterocycles. The van der Waals surface area contributed by atoms with E-state index in [2.05, 4.69) is 5.32 Å². The average molecular weight is 995 g/mol. The predicted octanol–water partition coefficient (Wildman–Crippen LogP) is 2.48. The molecule has 14 nitrogen and oxygen atoms in total. The average Bonchev–Trinajstić information content (AvgIpc) is 3.12. The van der Waals surface area contributed by atoms with Crippen molar-refractivity contribution in [3.63, 3.8) is 0 Å². The van der Waals surface area contributed by atoms with Crippen LogP contribution in [-0.2, 0) is 23.7 Å². The van der Waals surface area contributed by atoms with Gasteiger partial charge in [-0.1, -0.05) is 69.3 Å². The number of alkyl carbamates (subject to hydrolysis) is 1. The van der Waals surface area contributed by atoms with E-state index in [1.54, 1.807) is 90.1 Å². The minimum Gasteiger partial charge on any atom is -0.456 e. The molecule has 7 N–H and O–H groups in total. The summed E-state index contributed by atoms with van der Waals surface area (Å²) in [5, 5.41) is 75.6. The number of amides is 1. The van der Waals surface area contributed by atoms with Crippen LogP contribution in [0.25, 0.3) is 0 Å². The van der Waals surface area contributed by atoms with E-state index in [0.29, 0.717) is 5.56 Å². The number of hydrogen-bond donors (Lipinski definition) is 7. The first-order valence-corrected chi connectivity index (χ1v) is 18.6. The van der Waals surface area contributed by atoms with Crippen LogP contribution in [0.3, 0.4) is 0 Å². The summed E-state index contributed by atoms with van der Waals surface area (Å²) in [7, 11) is 0. The molecule has 1 unspecified atom stereocenters. The Morgan fingerprint density at radius 1 is 0.929 bits per heavy atom. The number of nitrogens with one attached hydrogen (secondary N) is 1. The van der Waals surface area contributed by atoms with Crippen LogP contribution in [0.15, 0.2) is 71.8 Å². The molecule has 303 valence electrons. The van der Waals surface area contributed by atoms with Crippen LogP contribution in [0.1, 0.15) is 83.3 Å². The maximum atomic E-state index is 14.0. The summed E-state index contributed by atoms with van der Waals surface area (Å²) in [5.41, 5.74) is -7.54. The van der Waals surface area contributed by atoms with E-state index in [-0.39, 0.29) is 73.8 Å². The molecular formula is C41H53AcNO13. The Labute approximate surface area is 362 Å². The maximum absolute atomic E-state index is 14.0. The smallest absolute Gasteiger partial charge is 0.408 e. The van der Waals surface area contributed by atoms with E-state index in [0.717, 1.165) is 0 Å². The normalized spacial score (nSPS) is 35.7. The maximum Gasteiger partial charge on any atom is 0.408 e. The molecule has 2 bridgehead atoms. The Kier molecular flexibility index (Phi) is 12.7. The van der Waals surface area contributed by atoms with Crippen LogP contribution in [0.4, 0.5) is 4.79 Å². The molecule has 1 aliphatic heterocycles. The van der Waals surface area contributed by atoms with E-state index in [1.165, 1.54) is 19.1 Å². The van der Waals surface area contributed by atoms with Crippen molar-refractivity contribution in [1.29, 1.82) is 0 Å². The molecule has 1 heterocycles. The van der Waals surface area contributed by atoms with Crippen molar-refractivity contribution in [2.24, 2.45) is 16.7 Å². The first-order valence-electron chi connectivity index (χ1n) is 18.6. The molecule has 2 saturated carbocycles. The van der Waals surface area contributed by atoms with Gasteiger partial charge in [0, 0.05) is 73.7 Å². The van der Waals surface area contributed by atoms with Gasteiger partial charge in [-0.15, -0.1) is 0 Å². The second-order valence-electron chi connectivity index (χ2n) is 17.2. The van der Waals surface area contributed by atoms with E-state index >= 15 is 0 Å². The molecule has 2 aromatic rings. The summed E-state index contributed by atoms with van der Waals surface area (Å²) in [5.74, 6) is -3.50. The number of hydrogen-bond acceptors (Lipinski definition) is 13. The molecule has 1 saturated heterocycles. The van der Waals surface area contributed by atoms with Crippen molar-refractivity contribution in [3.8, 4) is 0 Å². The molecule has 3 fully saturated rings. The van der Waals surface area contributed by atoms with Crippen molar-refractivity contribution in [2.45, 2.75) is 127 Å². The summed E-state index contributed by atoms with van der Waals surface area (Å²) >= 11 is 0. The van der Waals surface area contributed by atoms with Gasteiger partial charge < -0.3 is 54.9 Å². The first-order chi connectivity index (χ1) is 25.6. The molecule has 1 amide bonds. The Bertz CT molecular complexity index is 1820. The number of carbonyl (C=O) groups excluding carboxylic acids is 3. The number of rotatable bonds is 7. The monoisotopic (exact) mass is 994 g/mol. The molecule has 3 aliphatic carbocycles. The van der Waals surface area contributed by atoms with Gasteiger partial charge in [-0.2, -0.15) is 0 Å². The molecule has 0 spiro atoms. The number of aliphatic hydroxyl groups is 6. The van der Waals surface area contributed by atoms with Gasteiger partial charge in [0.15, 0.2) is 6.10 Å². The minimum atomic E-state index is -2.27. The number of carbonyl (C=O) groups is 3. The molecule has 4 aliphatic rings. The standard InChI is InChI=1S/C41H53NO13.Ac/c1-21-24(53-35(48)30(45)28(22-14-10-8-11-15-22)42-36(49)55-37(2,3)4)19-41(51)33(54-34(47)23-16-12-9-13-17-23)31-39(7,25(43)18-26-40(31,50)20-52-26)32(46)29(44)27(21)38(41,5)6;/h8-17,24-26,28-33,43-46,50-51H,18-20H2,1-7H3,(H,42,49);/t24?,25-,26+,28-,29+,30+,31-,32+,33-,39+,40-,41+;/m0./s1. The topological polar surface area (TPSA) is 222 Å². The number of fused-ring (bicyclic) bond motifs is 5. The third-order valence-electron chi connectivity index (χ3n) is 12.5.